The Kier molecular flexibility index (Phi) is 3.75. The van der Waals surface area contributed by atoms with Gasteiger partial charge in [0.2, 0.25) is 5.91 Å². The van der Waals surface area contributed by atoms with E-state index in [2.05, 4.69) is 28.4 Å². The molecule has 0 spiro atoms. The molecule has 1 aromatic carbocycles. The normalized spacial score (nSPS) is 27.3. The van der Waals surface area contributed by atoms with Gasteiger partial charge in [-0.3, -0.25) is 14.7 Å². The van der Waals surface area contributed by atoms with Gasteiger partial charge in [0.05, 0.1) is 29.8 Å². The number of rotatable bonds is 3. The summed E-state index contributed by atoms with van der Waals surface area (Å²) in [6.07, 6.45) is 0.178. The van der Waals surface area contributed by atoms with Gasteiger partial charge in [0.1, 0.15) is 0 Å². The van der Waals surface area contributed by atoms with Crippen LogP contribution in [0.5, 0.6) is 0 Å². The summed E-state index contributed by atoms with van der Waals surface area (Å²) in [5, 5.41) is 3.92. The minimum absolute atomic E-state index is 0.0143. The van der Waals surface area contributed by atoms with Gasteiger partial charge in [-0.2, -0.15) is 0 Å². The van der Waals surface area contributed by atoms with Gasteiger partial charge in [-0.1, -0.05) is 24.3 Å². The van der Waals surface area contributed by atoms with E-state index in [0.29, 0.717) is 12.5 Å². The molecule has 23 heavy (non-hydrogen) atoms. The van der Waals surface area contributed by atoms with Crippen molar-refractivity contribution < 1.29 is 9.53 Å². The molecule has 0 saturated carbocycles. The summed E-state index contributed by atoms with van der Waals surface area (Å²) in [5.41, 5.74) is 2.10. The van der Waals surface area contributed by atoms with E-state index < -0.39 is 0 Å². The van der Waals surface area contributed by atoms with Crippen molar-refractivity contribution in [3.63, 3.8) is 0 Å². The number of hydrogen-bond acceptors (Lipinski definition) is 4. The van der Waals surface area contributed by atoms with Gasteiger partial charge in [0.25, 0.3) is 0 Å². The third-order valence-electron chi connectivity index (χ3n) is 5.02. The highest BCUT2D eigenvalue weighted by Crippen LogP contribution is 2.34. The van der Waals surface area contributed by atoms with Crippen molar-refractivity contribution in [2.24, 2.45) is 11.8 Å². The average Bonchev–Trinajstić information content (AvgIpc) is 3.14. The van der Waals surface area contributed by atoms with E-state index in [1.54, 1.807) is 7.05 Å². The van der Waals surface area contributed by atoms with E-state index in [1.165, 1.54) is 0 Å². The quantitative estimate of drug-likeness (QED) is 0.932. The molecule has 1 aromatic heterocycles. The van der Waals surface area contributed by atoms with E-state index in [4.69, 9.17) is 9.72 Å². The number of hydrogen-bond donors (Lipinski definition) is 1. The Morgan fingerprint density at radius 1 is 1.30 bits per heavy atom. The molecule has 1 amide bonds. The Hall–Kier alpha value is -1.98. The lowest BCUT2D eigenvalue weighted by molar-refractivity contribution is -0.125. The molecule has 3 heterocycles. The zero-order chi connectivity index (χ0) is 15.8. The number of nitrogens with zero attached hydrogens (tertiary/aromatic N) is 2. The van der Waals surface area contributed by atoms with Gasteiger partial charge >= 0.3 is 0 Å². The van der Waals surface area contributed by atoms with Crippen LogP contribution in [-0.4, -0.2) is 48.6 Å². The highest BCUT2D eigenvalue weighted by atomic mass is 16.5. The monoisotopic (exact) mass is 311 g/mol. The standard InChI is InChI=1S/C18H21N3O2/c1-19-18(22)15-11-23-17-10-21(9-14(15)17)8-13-7-6-12-4-2-3-5-16(12)20-13/h2-7,14-15,17H,8-11H2,1H3,(H,19,22)/t14-,15+,17-/m0/s1. The van der Waals surface area contributed by atoms with Crippen LogP contribution in [0.3, 0.4) is 0 Å². The molecule has 2 aliphatic rings. The van der Waals surface area contributed by atoms with Gasteiger partial charge in [-0.15, -0.1) is 0 Å². The molecule has 120 valence electrons. The highest BCUT2D eigenvalue weighted by Gasteiger charge is 2.46. The third kappa shape index (κ3) is 2.71. The van der Waals surface area contributed by atoms with Crippen molar-refractivity contribution in [2.75, 3.05) is 26.7 Å². The number of likely N-dealkylation sites (tertiary alicyclic amines) is 1. The van der Waals surface area contributed by atoms with Crippen molar-refractivity contribution in [2.45, 2.75) is 12.6 Å². The Bertz CT molecular complexity index is 733. The molecule has 5 heteroatoms. The number of carbonyl (C=O) groups is 1. The van der Waals surface area contributed by atoms with Crippen LogP contribution in [0.2, 0.25) is 0 Å². The molecule has 0 bridgehead atoms. The number of amides is 1. The minimum atomic E-state index is -0.0143. The van der Waals surface area contributed by atoms with Crippen molar-refractivity contribution in [3.05, 3.63) is 42.1 Å². The van der Waals surface area contributed by atoms with Crippen LogP contribution in [0.15, 0.2) is 36.4 Å². The lowest BCUT2D eigenvalue weighted by atomic mass is 9.92. The summed E-state index contributed by atoms with van der Waals surface area (Å²) in [6.45, 7) is 3.14. The lowest BCUT2D eigenvalue weighted by Crippen LogP contribution is -2.34. The number of carbonyl (C=O) groups excluding carboxylic acids is 1. The molecule has 1 N–H and O–H groups in total. The maximum absolute atomic E-state index is 11.9. The minimum Gasteiger partial charge on any atom is -0.376 e. The molecule has 2 aliphatic heterocycles. The second-order valence-corrected chi connectivity index (χ2v) is 6.45. The molecule has 3 atom stereocenters. The fourth-order valence-corrected chi connectivity index (χ4v) is 3.80. The zero-order valence-electron chi connectivity index (χ0n) is 13.2. The Morgan fingerprint density at radius 2 is 2.17 bits per heavy atom. The summed E-state index contributed by atoms with van der Waals surface area (Å²) >= 11 is 0. The summed E-state index contributed by atoms with van der Waals surface area (Å²) < 4.78 is 5.83. The smallest absolute Gasteiger partial charge is 0.225 e. The van der Waals surface area contributed by atoms with E-state index in [-0.39, 0.29) is 17.9 Å². The topological polar surface area (TPSA) is 54.5 Å². The number of aromatic nitrogens is 1. The number of ether oxygens (including phenoxy) is 1. The average molecular weight is 311 g/mol. The number of para-hydroxylation sites is 1. The highest BCUT2D eigenvalue weighted by molar-refractivity contribution is 5.79. The molecule has 4 rings (SSSR count). The second kappa shape index (κ2) is 5.91. The van der Waals surface area contributed by atoms with E-state index in [0.717, 1.165) is 36.2 Å². The Labute approximate surface area is 135 Å². The fourth-order valence-electron chi connectivity index (χ4n) is 3.80. The van der Waals surface area contributed by atoms with Crippen LogP contribution in [0.1, 0.15) is 5.69 Å². The van der Waals surface area contributed by atoms with Gasteiger partial charge < -0.3 is 10.1 Å². The summed E-state index contributed by atoms with van der Waals surface area (Å²) in [5.74, 6) is 0.387. The van der Waals surface area contributed by atoms with Crippen molar-refractivity contribution in [1.29, 1.82) is 0 Å². The molecule has 2 saturated heterocycles. The second-order valence-electron chi connectivity index (χ2n) is 6.45. The lowest BCUT2D eigenvalue weighted by Gasteiger charge is -2.18. The molecule has 2 aromatic rings. The number of nitrogens with one attached hydrogen (secondary N) is 1. The Morgan fingerprint density at radius 3 is 3.04 bits per heavy atom. The summed E-state index contributed by atoms with van der Waals surface area (Å²) in [6, 6.07) is 12.4. The molecular weight excluding hydrogens is 290 g/mol. The SMILES string of the molecule is CNC(=O)[C@@H]1CO[C@H]2CN(Cc3ccc4ccccc4n3)C[C@H]21. The first-order valence-corrected chi connectivity index (χ1v) is 8.15. The predicted molar refractivity (Wildman–Crippen MR) is 87.8 cm³/mol. The van der Waals surface area contributed by atoms with Crippen LogP contribution in [-0.2, 0) is 16.1 Å². The van der Waals surface area contributed by atoms with Crippen LogP contribution in [0, 0.1) is 11.8 Å². The first kappa shape index (κ1) is 14.6. The third-order valence-corrected chi connectivity index (χ3v) is 5.02. The molecule has 5 nitrogen and oxygen atoms in total. The first-order valence-electron chi connectivity index (χ1n) is 8.15. The van der Waals surface area contributed by atoms with Crippen LogP contribution in [0.25, 0.3) is 10.9 Å². The van der Waals surface area contributed by atoms with Crippen molar-refractivity contribution in [3.8, 4) is 0 Å². The van der Waals surface area contributed by atoms with Crippen molar-refractivity contribution >= 4 is 16.8 Å². The molecule has 0 unspecified atom stereocenters. The summed E-state index contributed by atoms with van der Waals surface area (Å²) in [4.78, 5) is 19.0. The number of benzene rings is 1. The molecule has 2 fully saturated rings. The summed E-state index contributed by atoms with van der Waals surface area (Å²) in [7, 11) is 1.70. The van der Waals surface area contributed by atoms with Crippen LogP contribution in [0.4, 0.5) is 0 Å². The molecular formula is C18H21N3O2. The number of pyridine rings is 1. The molecule has 0 radical (unpaired) electrons. The van der Waals surface area contributed by atoms with E-state index in [9.17, 15) is 4.79 Å². The van der Waals surface area contributed by atoms with E-state index in [1.807, 2.05) is 18.2 Å². The maximum atomic E-state index is 11.9. The number of fused-ring (bicyclic) bond motifs is 2. The fraction of sp³-hybridized carbons (Fsp3) is 0.444. The Balaban J connectivity index is 1.47. The first-order chi connectivity index (χ1) is 11.2. The van der Waals surface area contributed by atoms with Crippen molar-refractivity contribution in [1.82, 2.24) is 15.2 Å². The maximum Gasteiger partial charge on any atom is 0.225 e. The largest absolute Gasteiger partial charge is 0.376 e. The van der Waals surface area contributed by atoms with Crippen LogP contribution < -0.4 is 5.32 Å². The van der Waals surface area contributed by atoms with Gasteiger partial charge in [0.15, 0.2) is 0 Å². The van der Waals surface area contributed by atoms with Gasteiger partial charge in [-0.05, 0) is 12.1 Å². The van der Waals surface area contributed by atoms with Gasteiger partial charge in [-0.25, -0.2) is 0 Å². The van der Waals surface area contributed by atoms with Crippen LogP contribution >= 0.6 is 0 Å². The van der Waals surface area contributed by atoms with E-state index >= 15 is 0 Å². The zero-order valence-corrected chi connectivity index (χ0v) is 13.2. The molecule has 0 aliphatic carbocycles. The predicted octanol–water partition coefficient (Wildman–Crippen LogP) is 1.43. The van der Waals surface area contributed by atoms with Gasteiger partial charge in [0, 0.05) is 38.0 Å².